The first kappa shape index (κ1) is 29.3. The fourth-order valence-electron chi connectivity index (χ4n) is 0.102. The Morgan fingerprint density at radius 1 is 0.769 bits per heavy atom. The zero-order valence-electron chi connectivity index (χ0n) is 6.67. The molecule has 0 atom stereocenters. The molecule has 0 saturated heterocycles. The second-order valence-corrected chi connectivity index (χ2v) is 4.52. The Morgan fingerprint density at radius 2 is 0.923 bits per heavy atom. The molecule has 0 amide bonds. The van der Waals surface area contributed by atoms with Gasteiger partial charge in [0.15, 0.2) is 0 Å². The molecule has 0 aromatic rings. The van der Waals surface area contributed by atoms with Crippen molar-refractivity contribution in [2.24, 2.45) is 0 Å². The normalized spacial score (nSPS) is 9.38. The van der Waals surface area contributed by atoms with Gasteiger partial charge in [0.25, 0.3) is 0 Å². The van der Waals surface area contributed by atoms with Gasteiger partial charge in [-0.1, -0.05) is 0 Å². The predicted molar refractivity (Wildman–Crippen MR) is 23.0 cm³/mol. The van der Waals surface area contributed by atoms with Crippen LogP contribution in [0.15, 0.2) is 0 Å². The Morgan fingerprint density at radius 3 is 0.923 bits per heavy atom. The van der Waals surface area contributed by atoms with E-state index in [0.29, 0.717) is 0 Å². The Bertz CT molecular complexity index is 241. The summed E-state index contributed by atoms with van der Waals surface area (Å²) in [6.07, 6.45) is 0. The standard InChI is InChI=1S/2Cr.2H3N.2H2O.7O/h;;2*1H3;2*1H2;;;;;;;/q;;;;;;;;;;;2*-1/p+2. The molecule has 11 nitrogen and oxygen atoms in total. The molecule has 0 aromatic carbocycles. The van der Waals surface area contributed by atoms with Gasteiger partial charge in [0.2, 0.25) is 0 Å². The fraction of sp³-hybridized carbons (Fsp3) is 0. The second-order valence-electron chi connectivity index (χ2n) is 0.885. The topological polar surface area (TPSA) is 260 Å². The van der Waals surface area contributed by atoms with Crippen LogP contribution in [-0.4, -0.2) is 11.0 Å². The van der Waals surface area contributed by atoms with Crippen molar-refractivity contribution in [3.63, 3.8) is 0 Å². The van der Waals surface area contributed by atoms with E-state index in [1.807, 2.05) is 0 Å². The molecule has 0 fully saturated rings. The molecule has 0 aliphatic rings. The number of rotatable bonds is 2. The zero-order chi connectivity index (χ0) is 7.71. The third-order valence-electron chi connectivity index (χ3n) is 0.167. The van der Waals surface area contributed by atoms with E-state index in [9.17, 15) is 23.5 Å². The van der Waals surface area contributed by atoms with Crippen molar-refractivity contribution < 1.29 is 64.5 Å². The van der Waals surface area contributed by atoms with Crippen molar-refractivity contribution in [1.82, 2.24) is 12.3 Å². The van der Waals surface area contributed by atoms with E-state index in [1.54, 1.807) is 0 Å². The summed E-state index contributed by atoms with van der Waals surface area (Å²) >= 11 is -12.1. The van der Waals surface area contributed by atoms with Gasteiger partial charge in [0.05, 0.1) is 0 Å². The van der Waals surface area contributed by atoms with Crippen LogP contribution in [0.2, 0.25) is 0 Å². The molecule has 88 valence electrons. The summed E-state index contributed by atoms with van der Waals surface area (Å²) in [5, 5.41) is 0. The molecule has 12 N–H and O–H groups in total. The van der Waals surface area contributed by atoms with E-state index in [1.165, 1.54) is 0 Å². The average Bonchev–Trinajstić information content (AvgIpc) is 1.14. The van der Waals surface area contributed by atoms with Gasteiger partial charge in [-0.2, -0.15) is 0 Å². The molecular formula is H12Cr2N2O9. The van der Waals surface area contributed by atoms with Gasteiger partial charge in [0, 0.05) is 0 Å². The first-order valence-corrected chi connectivity index (χ1v) is 5.50. The molecule has 0 heterocycles. The molecule has 0 bridgehead atoms. The van der Waals surface area contributed by atoms with Crippen molar-refractivity contribution in [2.75, 3.05) is 0 Å². The molecule has 0 aromatic heterocycles. The maximum absolute atomic E-state index is 9.38. The van der Waals surface area contributed by atoms with Crippen molar-refractivity contribution in [1.29, 1.82) is 0 Å². The van der Waals surface area contributed by atoms with Gasteiger partial charge in [-0.25, -0.2) is 0 Å². The van der Waals surface area contributed by atoms with Crippen LogP contribution in [0.1, 0.15) is 0 Å². The van der Waals surface area contributed by atoms with Crippen LogP contribution in [0.4, 0.5) is 0 Å². The summed E-state index contributed by atoms with van der Waals surface area (Å²) < 4.78 is 58.9. The van der Waals surface area contributed by atoms with Crippen LogP contribution in [0, 0.1) is 0 Å². The van der Waals surface area contributed by atoms with Gasteiger partial charge in [0.1, 0.15) is 0 Å². The molecule has 0 saturated carbocycles. The summed E-state index contributed by atoms with van der Waals surface area (Å²) in [6.45, 7) is 0. The number of hydrogen-bond donors (Lipinski definition) is 2. The Hall–Kier alpha value is -0.0151. The monoisotopic (exact) mass is 288 g/mol. The second kappa shape index (κ2) is 8.58. The SMILES string of the molecule is O.O.[NH4+].[NH4+].[O]=[Cr](=[O])([O-])[O][Cr](=[O])(=[O])[O-]. The van der Waals surface area contributed by atoms with Crippen molar-refractivity contribution in [2.45, 2.75) is 0 Å². The molecule has 13 heteroatoms. The molecule has 0 unspecified atom stereocenters. The summed E-state index contributed by atoms with van der Waals surface area (Å²) in [5.41, 5.74) is 0. The summed E-state index contributed by atoms with van der Waals surface area (Å²) in [5.74, 6) is 0. The van der Waals surface area contributed by atoms with Crippen LogP contribution >= 0.6 is 0 Å². The van der Waals surface area contributed by atoms with E-state index < -0.39 is 27.2 Å². The summed E-state index contributed by atoms with van der Waals surface area (Å²) in [7, 11) is 0. The molecule has 0 radical (unpaired) electrons. The number of hydrogen-bond acceptors (Lipinski definition) is 7. The van der Waals surface area contributed by atoms with Gasteiger partial charge >= 0.3 is 53.6 Å². The number of quaternary nitrogens is 2. The minimum atomic E-state index is -6.07. The van der Waals surface area contributed by atoms with Crippen LogP contribution < -0.4 is 20.6 Å². The molecule has 0 rings (SSSR count). The van der Waals surface area contributed by atoms with E-state index in [2.05, 4.69) is 2.84 Å². The Balaban J connectivity index is -0.0000000533. The zero-order valence-corrected chi connectivity index (χ0v) is 9.22. The quantitative estimate of drug-likeness (QED) is 0.510. The van der Waals surface area contributed by atoms with Gasteiger partial charge in [-0.05, 0) is 0 Å². The van der Waals surface area contributed by atoms with Crippen molar-refractivity contribution in [3.8, 4) is 0 Å². The van der Waals surface area contributed by atoms with Crippen molar-refractivity contribution >= 4 is 0 Å². The summed E-state index contributed by atoms with van der Waals surface area (Å²) in [6, 6.07) is 0. The minimum absolute atomic E-state index is 0. The molecule has 13 heavy (non-hydrogen) atoms. The van der Waals surface area contributed by atoms with Crippen LogP contribution in [0.5, 0.6) is 0 Å². The Kier molecular flexibility index (Phi) is 19.3. The first-order chi connectivity index (χ1) is 3.71. The molecule has 0 spiro atoms. The van der Waals surface area contributed by atoms with Crippen LogP contribution in [-0.2, 0) is 45.3 Å². The summed E-state index contributed by atoms with van der Waals surface area (Å²) in [4.78, 5) is 0. The third kappa shape index (κ3) is 33.4. The van der Waals surface area contributed by atoms with E-state index in [-0.39, 0.29) is 23.3 Å². The van der Waals surface area contributed by atoms with Crippen LogP contribution in [0.3, 0.4) is 0 Å². The molecule has 0 aliphatic heterocycles. The van der Waals surface area contributed by atoms with E-state index >= 15 is 0 Å². The van der Waals surface area contributed by atoms with Gasteiger partial charge in [-0.3, -0.25) is 0 Å². The van der Waals surface area contributed by atoms with Crippen molar-refractivity contribution in [3.05, 3.63) is 0 Å². The first-order valence-electron chi connectivity index (χ1n) is 1.33. The average molecular weight is 288 g/mol. The fourth-order valence-corrected chi connectivity index (χ4v) is 1.74. The van der Waals surface area contributed by atoms with E-state index in [4.69, 9.17) is 0 Å². The Labute approximate surface area is 77.3 Å². The predicted octanol–water partition coefficient (Wildman–Crippen LogP) is -3.82. The molecular weight excluding hydrogens is 276 g/mol. The van der Waals surface area contributed by atoms with Gasteiger partial charge in [-0.15, -0.1) is 0 Å². The van der Waals surface area contributed by atoms with Gasteiger partial charge < -0.3 is 23.3 Å². The third-order valence-corrected chi connectivity index (χ3v) is 2.83. The maximum atomic E-state index is 9.38. The van der Waals surface area contributed by atoms with Crippen LogP contribution in [0.25, 0.3) is 0 Å². The van der Waals surface area contributed by atoms with E-state index in [0.717, 1.165) is 0 Å². The molecule has 0 aliphatic carbocycles.